The first kappa shape index (κ1) is 19.8. The van der Waals surface area contributed by atoms with Gasteiger partial charge in [0.1, 0.15) is 0 Å². The summed E-state index contributed by atoms with van der Waals surface area (Å²) in [5, 5.41) is 16.0. The standard InChI is InChI=1S/C21H20N4O4/c1-14-6-7-15(2)24(14)18-10-8-17(9-11-18)23-20(26)13-22-21(27)16-4-3-5-19(12-16)25(28)29/h3-12H,13H2,1-2H3,(H,22,27)(H,23,26). The van der Waals surface area contributed by atoms with E-state index in [9.17, 15) is 19.7 Å². The number of nitro benzene ring substituents is 1. The van der Waals surface area contributed by atoms with Crippen LogP contribution >= 0.6 is 0 Å². The number of non-ortho nitro benzene ring substituents is 1. The molecule has 1 heterocycles. The van der Waals surface area contributed by atoms with Crippen LogP contribution in [0.1, 0.15) is 21.7 Å². The summed E-state index contributed by atoms with van der Waals surface area (Å²) in [6, 6.07) is 16.8. The molecule has 2 amide bonds. The van der Waals surface area contributed by atoms with Crippen LogP contribution in [0.2, 0.25) is 0 Å². The topological polar surface area (TPSA) is 106 Å². The third-order valence-corrected chi connectivity index (χ3v) is 4.41. The number of carbonyl (C=O) groups is 2. The summed E-state index contributed by atoms with van der Waals surface area (Å²) in [5.74, 6) is -0.956. The highest BCUT2D eigenvalue weighted by Crippen LogP contribution is 2.18. The molecule has 0 aliphatic heterocycles. The highest BCUT2D eigenvalue weighted by atomic mass is 16.6. The van der Waals surface area contributed by atoms with Gasteiger partial charge in [0.25, 0.3) is 11.6 Å². The maximum atomic E-state index is 12.1. The number of aromatic nitrogens is 1. The average Bonchev–Trinajstić information content (AvgIpc) is 3.05. The van der Waals surface area contributed by atoms with Gasteiger partial charge in [-0.2, -0.15) is 0 Å². The molecule has 0 radical (unpaired) electrons. The number of anilines is 1. The zero-order chi connectivity index (χ0) is 21.0. The van der Waals surface area contributed by atoms with Gasteiger partial charge in [-0.05, 0) is 56.3 Å². The van der Waals surface area contributed by atoms with E-state index in [4.69, 9.17) is 0 Å². The molecule has 8 heteroatoms. The van der Waals surface area contributed by atoms with Crippen molar-refractivity contribution in [2.24, 2.45) is 0 Å². The summed E-state index contributed by atoms with van der Waals surface area (Å²) < 4.78 is 2.10. The first-order chi connectivity index (χ1) is 13.8. The zero-order valence-corrected chi connectivity index (χ0v) is 16.0. The largest absolute Gasteiger partial charge is 0.343 e. The van der Waals surface area contributed by atoms with Crippen LogP contribution in [0.5, 0.6) is 0 Å². The molecule has 3 rings (SSSR count). The van der Waals surface area contributed by atoms with Gasteiger partial charge in [0.15, 0.2) is 0 Å². The zero-order valence-electron chi connectivity index (χ0n) is 16.0. The molecule has 0 bridgehead atoms. The van der Waals surface area contributed by atoms with E-state index in [0.717, 1.165) is 23.1 Å². The van der Waals surface area contributed by atoms with Gasteiger partial charge in [0.2, 0.25) is 5.91 Å². The SMILES string of the molecule is Cc1ccc(C)n1-c1ccc(NC(=O)CNC(=O)c2cccc([N+](=O)[O-])c2)cc1. The summed E-state index contributed by atoms with van der Waals surface area (Å²) in [5.41, 5.74) is 3.75. The molecule has 3 aromatic rings. The lowest BCUT2D eigenvalue weighted by atomic mass is 10.2. The molecule has 0 atom stereocenters. The monoisotopic (exact) mass is 392 g/mol. The van der Waals surface area contributed by atoms with Crippen molar-refractivity contribution in [1.82, 2.24) is 9.88 Å². The van der Waals surface area contributed by atoms with Crippen LogP contribution in [0.25, 0.3) is 5.69 Å². The predicted molar refractivity (Wildman–Crippen MR) is 109 cm³/mol. The quantitative estimate of drug-likeness (QED) is 0.495. The van der Waals surface area contributed by atoms with Crippen molar-refractivity contribution in [2.75, 3.05) is 11.9 Å². The third-order valence-electron chi connectivity index (χ3n) is 4.41. The Morgan fingerprint density at radius 1 is 1.00 bits per heavy atom. The summed E-state index contributed by atoms with van der Waals surface area (Å²) in [6.07, 6.45) is 0. The van der Waals surface area contributed by atoms with E-state index in [-0.39, 0.29) is 17.8 Å². The Morgan fingerprint density at radius 2 is 1.66 bits per heavy atom. The van der Waals surface area contributed by atoms with Crippen molar-refractivity contribution in [2.45, 2.75) is 13.8 Å². The number of aryl methyl sites for hydroxylation is 2. The molecule has 29 heavy (non-hydrogen) atoms. The van der Waals surface area contributed by atoms with Gasteiger partial charge in [-0.3, -0.25) is 19.7 Å². The van der Waals surface area contributed by atoms with Crippen molar-refractivity contribution in [3.63, 3.8) is 0 Å². The molecule has 2 aromatic carbocycles. The van der Waals surface area contributed by atoms with Crippen LogP contribution in [0.3, 0.4) is 0 Å². The molecule has 0 spiro atoms. The minimum absolute atomic E-state index is 0.119. The molecule has 0 saturated heterocycles. The van der Waals surface area contributed by atoms with Crippen molar-refractivity contribution < 1.29 is 14.5 Å². The number of rotatable bonds is 6. The minimum atomic E-state index is -0.579. The smallest absolute Gasteiger partial charge is 0.270 e. The van der Waals surface area contributed by atoms with Gasteiger partial charge >= 0.3 is 0 Å². The maximum absolute atomic E-state index is 12.1. The number of nitro groups is 1. The second-order valence-electron chi connectivity index (χ2n) is 6.54. The summed E-state index contributed by atoms with van der Waals surface area (Å²) >= 11 is 0. The highest BCUT2D eigenvalue weighted by Gasteiger charge is 2.12. The van der Waals surface area contributed by atoms with E-state index in [2.05, 4.69) is 15.2 Å². The van der Waals surface area contributed by atoms with Gasteiger partial charge < -0.3 is 15.2 Å². The normalized spacial score (nSPS) is 10.4. The second-order valence-corrected chi connectivity index (χ2v) is 6.54. The van der Waals surface area contributed by atoms with Crippen LogP contribution < -0.4 is 10.6 Å². The molecule has 0 aliphatic rings. The van der Waals surface area contributed by atoms with Crippen LogP contribution in [-0.2, 0) is 4.79 Å². The van der Waals surface area contributed by atoms with Gasteiger partial charge in [0.05, 0.1) is 11.5 Å². The average molecular weight is 392 g/mol. The van der Waals surface area contributed by atoms with E-state index < -0.39 is 16.7 Å². The highest BCUT2D eigenvalue weighted by molar-refractivity contribution is 5.99. The molecule has 148 valence electrons. The molecular formula is C21H20N4O4. The van der Waals surface area contributed by atoms with Gasteiger partial charge in [-0.15, -0.1) is 0 Å². The summed E-state index contributed by atoms with van der Waals surface area (Å²) in [4.78, 5) is 34.4. The fourth-order valence-electron chi connectivity index (χ4n) is 3.00. The van der Waals surface area contributed by atoms with Crippen LogP contribution in [0.4, 0.5) is 11.4 Å². The van der Waals surface area contributed by atoms with E-state index in [1.165, 1.54) is 18.2 Å². The number of amides is 2. The summed E-state index contributed by atoms with van der Waals surface area (Å²) in [7, 11) is 0. The second kappa shape index (κ2) is 8.39. The van der Waals surface area contributed by atoms with E-state index in [1.807, 2.05) is 38.1 Å². The lowest BCUT2D eigenvalue weighted by Gasteiger charge is -2.11. The first-order valence-corrected chi connectivity index (χ1v) is 8.93. The molecule has 1 aromatic heterocycles. The lowest BCUT2D eigenvalue weighted by molar-refractivity contribution is -0.384. The summed E-state index contributed by atoms with van der Waals surface area (Å²) in [6.45, 7) is 3.79. The third kappa shape index (κ3) is 4.67. The number of nitrogens with one attached hydrogen (secondary N) is 2. The predicted octanol–water partition coefficient (Wildman–Crippen LogP) is 3.37. The molecule has 0 aliphatic carbocycles. The number of benzene rings is 2. The number of hydrogen-bond acceptors (Lipinski definition) is 4. The first-order valence-electron chi connectivity index (χ1n) is 8.93. The van der Waals surface area contributed by atoms with Crippen LogP contribution in [-0.4, -0.2) is 27.8 Å². The number of nitrogens with zero attached hydrogens (tertiary/aromatic N) is 2. The number of carbonyl (C=O) groups excluding carboxylic acids is 2. The Labute approximate surface area is 167 Å². The van der Waals surface area contributed by atoms with Crippen molar-refractivity contribution >= 4 is 23.2 Å². The minimum Gasteiger partial charge on any atom is -0.343 e. The lowest BCUT2D eigenvalue weighted by Crippen LogP contribution is -2.32. The Bertz CT molecular complexity index is 1050. The fraction of sp³-hybridized carbons (Fsp3) is 0.143. The van der Waals surface area contributed by atoms with Crippen LogP contribution in [0, 0.1) is 24.0 Å². The Hall–Kier alpha value is -3.94. The Morgan fingerprint density at radius 3 is 2.28 bits per heavy atom. The maximum Gasteiger partial charge on any atom is 0.270 e. The fourth-order valence-corrected chi connectivity index (χ4v) is 3.00. The molecule has 0 saturated carbocycles. The molecule has 2 N–H and O–H groups in total. The molecule has 0 unspecified atom stereocenters. The van der Waals surface area contributed by atoms with Gasteiger partial charge in [-0.1, -0.05) is 6.07 Å². The molecule has 8 nitrogen and oxygen atoms in total. The number of hydrogen-bond donors (Lipinski definition) is 2. The van der Waals surface area contributed by atoms with Gasteiger partial charge in [-0.25, -0.2) is 0 Å². The molecular weight excluding hydrogens is 372 g/mol. The Kier molecular flexibility index (Phi) is 5.73. The van der Waals surface area contributed by atoms with Gasteiger partial charge in [0, 0.05) is 40.5 Å². The van der Waals surface area contributed by atoms with Crippen molar-refractivity contribution in [3.8, 4) is 5.69 Å². The van der Waals surface area contributed by atoms with E-state index >= 15 is 0 Å². The van der Waals surface area contributed by atoms with Crippen molar-refractivity contribution in [1.29, 1.82) is 0 Å². The van der Waals surface area contributed by atoms with Crippen LogP contribution in [0.15, 0.2) is 60.7 Å². The Balaban J connectivity index is 1.58. The molecule has 0 fully saturated rings. The van der Waals surface area contributed by atoms with E-state index in [0.29, 0.717) is 5.69 Å². The van der Waals surface area contributed by atoms with Crippen molar-refractivity contribution in [3.05, 3.63) is 87.7 Å². The van der Waals surface area contributed by atoms with E-state index in [1.54, 1.807) is 12.1 Å².